The number of fused-ring (bicyclic) bond motifs is 1. The summed E-state index contributed by atoms with van der Waals surface area (Å²) in [6.45, 7) is 3.03. The molecule has 138 valence electrons. The first-order valence-corrected chi connectivity index (χ1v) is 10.0. The lowest BCUT2D eigenvalue weighted by atomic mass is 10.1. The fourth-order valence-corrected chi connectivity index (χ4v) is 4.76. The summed E-state index contributed by atoms with van der Waals surface area (Å²) in [5, 5.41) is 3.18. The maximum Gasteiger partial charge on any atom is 0.328 e. The van der Waals surface area contributed by atoms with E-state index in [0.29, 0.717) is 13.1 Å². The van der Waals surface area contributed by atoms with Gasteiger partial charge in [0, 0.05) is 24.7 Å². The average Bonchev–Trinajstić information content (AvgIpc) is 3.29. The summed E-state index contributed by atoms with van der Waals surface area (Å²) in [4.78, 5) is 43.1. The Kier molecular flexibility index (Phi) is 4.62. The van der Waals surface area contributed by atoms with Crippen molar-refractivity contribution in [2.24, 2.45) is 0 Å². The number of amides is 4. The van der Waals surface area contributed by atoms with Crippen LogP contribution in [0.2, 0.25) is 0 Å². The van der Waals surface area contributed by atoms with E-state index in [1.54, 1.807) is 21.6 Å². The van der Waals surface area contributed by atoms with Gasteiger partial charge in [-0.1, -0.05) is 30.3 Å². The maximum atomic E-state index is 13.0. The quantitative estimate of drug-likeness (QED) is 0.796. The molecule has 3 atom stereocenters. The molecule has 4 amide bonds. The van der Waals surface area contributed by atoms with E-state index in [9.17, 15) is 14.4 Å². The van der Waals surface area contributed by atoms with Gasteiger partial charge < -0.3 is 9.80 Å². The van der Waals surface area contributed by atoms with Gasteiger partial charge in [0.05, 0.1) is 18.6 Å². The molecule has 4 rings (SSSR count). The molecule has 26 heavy (non-hydrogen) atoms. The van der Waals surface area contributed by atoms with Gasteiger partial charge in [-0.15, -0.1) is 11.8 Å². The number of imide groups is 1. The van der Waals surface area contributed by atoms with Crippen LogP contribution in [0.4, 0.5) is 4.79 Å². The second kappa shape index (κ2) is 6.92. The molecule has 0 bridgehead atoms. The van der Waals surface area contributed by atoms with Crippen molar-refractivity contribution in [3.63, 3.8) is 0 Å². The smallest absolute Gasteiger partial charge is 0.328 e. The number of carbonyl (C=O) groups excluding carboxylic acids is 3. The van der Waals surface area contributed by atoms with Gasteiger partial charge in [-0.25, -0.2) is 4.79 Å². The molecule has 1 aromatic carbocycles. The topological polar surface area (TPSA) is 73.0 Å². The number of hydrogen-bond acceptors (Lipinski definition) is 5. The first-order chi connectivity index (χ1) is 12.6. The van der Waals surface area contributed by atoms with E-state index >= 15 is 0 Å². The molecular weight excluding hydrogens is 352 g/mol. The van der Waals surface area contributed by atoms with Crippen molar-refractivity contribution in [1.82, 2.24) is 20.0 Å². The molecule has 3 aliphatic rings. The fraction of sp³-hybridized carbons (Fsp3) is 0.500. The van der Waals surface area contributed by atoms with Crippen molar-refractivity contribution in [3.8, 4) is 0 Å². The summed E-state index contributed by atoms with van der Waals surface area (Å²) < 4.78 is 0. The van der Waals surface area contributed by atoms with Crippen LogP contribution in [0.25, 0.3) is 0 Å². The number of rotatable bonds is 3. The molecule has 1 N–H and O–H groups in total. The van der Waals surface area contributed by atoms with Gasteiger partial charge >= 0.3 is 6.03 Å². The largest absolute Gasteiger partial charge is 0.337 e. The Hall–Kier alpha value is -2.06. The number of piperazine rings is 1. The van der Waals surface area contributed by atoms with Crippen LogP contribution in [0.3, 0.4) is 0 Å². The van der Waals surface area contributed by atoms with Crippen LogP contribution in [0.15, 0.2) is 30.3 Å². The molecular formula is C18H22N4O3S. The minimum Gasteiger partial charge on any atom is -0.337 e. The van der Waals surface area contributed by atoms with Crippen LogP contribution >= 0.6 is 11.8 Å². The lowest BCUT2D eigenvalue weighted by molar-refractivity contribution is -0.137. The molecule has 0 spiro atoms. The van der Waals surface area contributed by atoms with Gasteiger partial charge in [-0.05, 0) is 12.5 Å². The molecule has 0 aliphatic carbocycles. The van der Waals surface area contributed by atoms with Crippen molar-refractivity contribution < 1.29 is 14.4 Å². The van der Waals surface area contributed by atoms with Crippen molar-refractivity contribution in [1.29, 1.82) is 0 Å². The third-order valence-corrected chi connectivity index (χ3v) is 6.29. The van der Waals surface area contributed by atoms with Gasteiger partial charge in [0.1, 0.15) is 6.04 Å². The number of nitrogens with one attached hydrogen (secondary N) is 1. The summed E-state index contributed by atoms with van der Waals surface area (Å²) in [5.41, 5.74) is 0.925. The van der Waals surface area contributed by atoms with Crippen molar-refractivity contribution in [2.45, 2.75) is 25.0 Å². The van der Waals surface area contributed by atoms with E-state index in [4.69, 9.17) is 0 Å². The zero-order valence-corrected chi connectivity index (χ0v) is 15.4. The molecule has 1 aromatic rings. The number of nitrogens with zero attached hydrogens (tertiary/aromatic N) is 3. The standard InChI is InChI=1S/C18H22N4O3S/c1-12(13-5-3-2-4-6-13)22-17(24)15-9-20(7-8-21(15)18(22)25)16(23)14-10-26-11-19-14/h2-6,12,14-15,19H,7-11H2,1H3/t12-,14+,15+/m0/s1. The monoisotopic (exact) mass is 374 g/mol. The summed E-state index contributed by atoms with van der Waals surface area (Å²) >= 11 is 1.70. The Labute approximate surface area is 156 Å². The SMILES string of the molecule is C[C@@H](c1ccccc1)N1C(=O)[C@H]2CN(C(=O)[C@H]3CSCN3)CCN2C1=O. The predicted octanol–water partition coefficient (Wildman–Crippen LogP) is 0.885. The second-order valence-corrected chi connectivity index (χ2v) is 7.87. The fourth-order valence-electron chi connectivity index (χ4n) is 3.83. The van der Waals surface area contributed by atoms with Crippen LogP contribution in [-0.4, -0.2) is 75.9 Å². The number of urea groups is 1. The molecule has 0 aromatic heterocycles. The first kappa shape index (κ1) is 17.4. The van der Waals surface area contributed by atoms with Crippen molar-refractivity contribution >= 4 is 29.6 Å². The molecule has 0 saturated carbocycles. The van der Waals surface area contributed by atoms with E-state index in [1.165, 1.54) is 4.90 Å². The third-order valence-electron chi connectivity index (χ3n) is 5.35. The second-order valence-electron chi connectivity index (χ2n) is 6.84. The molecule has 7 nitrogen and oxygen atoms in total. The van der Waals surface area contributed by atoms with Crippen LogP contribution in [0, 0.1) is 0 Å². The lowest BCUT2D eigenvalue weighted by Gasteiger charge is -2.36. The summed E-state index contributed by atoms with van der Waals surface area (Å²) in [7, 11) is 0. The lowest BCUT2D eigenvalue weighted by Crippen LogP contribution is -2.57. The minimum absolute atomic E-state index is 0.0319. The Morgan fingerprint density at radius 3 is 2.69 bits per heavy atom. The normalized spacial score (nSPS) is 27.0. The van der Waals surface area contributed by atoms with E-state index in [0.717, 1.165) is 17.2 Å². The first-order valence-electron chi connectivity index (χ1n) is 8.86. The van der Waals surface area contributed by atoms with Crippen molar-refractivity contribution in [3.05, 3.63) is 35.9 Å². The highest BCUT2D eigenvalue weighted by Crippen LogP contribution is 2.30. The van der Waals surface area contributed by atoms with E-state index in [2.05, 4.69) is 5.32 Å². The molecule has 3 saturated heterocycles. The highest BCUT2D eigenvalue weighted by Gasteiger charge is 2.50. The third kappa shape index (κ3) is 2.87. The van der Waals surface area contributed by atoms with E-state index in [1.807, 2.05) is 37.3 Å². The van der Waals surface area contributed by atoms with Gasteiger partial charge in [0.15, 0.2) is 0 Å². The highest BCUT2D eigenvalue weighted by molar-refractivity contribution is 7.99. The van der Waals surface area contributed by atoms with Gasteiger partial charge in [-0.2, -0.15) is 0 Å². The zero-order valence-electron chi connectivity index (χ0n) is 14.6. The highest BCUT2D eigenvalue weighted by atomic mass is 32.2. The maximum absolute atomic E-state index is 13.0. The molecule has 3 aliphatic heterocycles. The molecule has 0 radical (unpaired) electrons. The van der Waals surface area contributed by atoms with Crippen LogP contribution in [-0.2, 0) is 9.59 Å². The molecule has 3 heterocycles. The van der Waals surface area contributed by atoms with E-state index < -0.39 is 6.04 Å². The van der Waals surface area contributed by atoms with Gasteiger partial charge in [0.2, 0.25) is 5.91 Å². The Balaban J connectivity index is 1.50. The van der Waals surface area contributed by atoms with Gasteiger partial charge in [-0.3, -0.25) is 19.8 Å². The summed E-state index contributed by atoms with van der Waals surface area (Å²) in [5.74, 6) is 1.36. The molecule has 3 fully saturated rings. The van der Waals surface area contributed by atoms with E-state index in [-0.39, 0.29) is 36.5 Å². The Morgan fingerprint density at radius 1 is 1.23 bits per heavy atom. The van der Waals surface area contributed by atoms with Crippen LogP contribution in [0.5, 0.6) is 0 Å². The minimum atomic E-state index is -0.569. The average molecular weight is 374 g/mol. The van der Waals surface area contributed by atoms with Crippen LogP contribution in [0.1, 0.15) is 18.5 Å². The molecule has 8 heteroatoms. The number of benzene rings is 1. The number of thioether (sulfide) groups is 1. The van der Waals surface area contributed by atoms with Crippen LogP contribution < -0.4 is 5.32 Å². The van der Waals surface area contributed by atoms with Gasteiger partial charge in [0.25, 0.3) is 5.91 Å². The Bertz CT molecular complexity index is 722. The summed E-state index contributed by atoms with van der Waals surface area (Å²) in [6.07, 6.45) is 0. The Morgan fingerprint density at radius 2 is 2.00 bits per heavy atom. The predicted molar refractivity (Wildman–Crippen MR) is 98.4 cm³/mol. The number of carbonyl (C=O) groups is 3. The van der Waals surface area contributed by atoms with Crippen molar-refractivity contribution in [2.75, 3.05) is 31.3 Å². The summed E-state index contributed by atoms with van der Waals surface area (Å²) in [6, 6.07) is 8.22. The zero-order chi connectivity index (χ0) is 18.3. The molecule has 0 unspecified atom stereocenters. The number of hydrogen-bond donors (Lipinski definition) is 1.